The van der Waals surface area contributed by atoms with Crippen molar-refractivity contribution in [3.05, 3.63) is 53.2 Å². The van der Waals surface area contributed by atoms with Crippen LogP contribution in [-0.4, -0.2) is 23.0 Å². The predicted octanol–water partition coefficient (Wildman–Crippen LogP) is 3.61. The zero-order chi connectivity index (χ0) is 11.7. The van der Waals surface area contributed by atoms with Crippen molar-refractivity contribution >= 4 is 35.0 Å². The molecule has 2 heterocycles. The fourth-order valence-electron chi connectivity index (χ4n) is 1.96. The van der Waals surface area contributed by atoms with Gasteiger partial charge in [0.15, 0.2) is 0 Å². The third kappa shape index (κ3) is 2.01. The van der Waals surface area contributed by atoms with Gasteiger partial charge in [0.2, 0.25) is 0 Å². The summed E-state index contributed by atoms with van der Waals surface area (Å²) in [5.74, 6) is 2.04. The normalized spacial score (nSPS) is 18.5. The third-order valence-corrected chi connectivity index (χ3v) is 3.78. The molecule has 17 heavy (non-hydrogen) atoms. The van der Waals surface area contributed by atoms with E-state index in [4.69, 9.17) is 11.6 Å². The highest BCUT2D eigenvalue weighted by Crippen LogP contribution is 2.30. The van der Waals surface area contributed by atoms with Gasteiger partial charge in [-0.1, -0.05) is 29.8 Å². The topological polar surface area (TPSA) is 15.6 Å². The van der Waals surface area contributed by atoms with Crippen molar-refractivity contribution in [3.63, 3.8) is 0 Å². The average Bonchev–Trinajstić information content (AvgIpc) is 2.39. The van der Waals surface area contributed by atoms with Gasteiger partial charge in [-0.05, 0) is 30.2 Å². The minimum Gasteiger partial charge on any atom is -0.331 e. The molecule has 0 fully saturated rings. The maximum Gasteiger partial charge on any atom is 0.148 e. The second-order valence-corrected chi connectivity index (χ2v) is 5.10. The van der Waals surface area contributed by atoms with E-state index in [1.54, 1.807) is 11.9 Å². The van der Waals surface area contributed by atoms with E-state index < -0.39 is 0 Å². The van der Waals surface area contributed by atoms with Gasteiger partial charge in [0.05, 0.1) is 0 Å². The molecule has 2 aliphatic rings. The molecule has 2 aliphatic heterocycles. The van der Waals surface area contributed by atoms with Gasteiger partial charge in [0.1, 0.15) is 5.84 Å². The molecule has 0 aromatic heterocycles. The Labute approximate surface area is 110 Å². The molecule has 0 saturated heterocycles. The summed E-state index contributed by atoms with van der Waals surface area (Å²) in [6.07, 6.45) is 6.19. The van der Waals surface area contributed by atoms with Crippen LogP contribution in [0, 0.1) is 0 Å². The maximum atomic E-state index is 6.24. The van der Waals surface area contributed by atoms with Crippen LogP contribution in [0.1, 0.15) is 5.56 Å². The minimum absolute atomic E-state index is 0.771. The first-order chi connectivity index (χ1) is 8.36. The van der Waals surface area contributed by atoms with Crippen LogP contribution in [0.4, 0.5) is 0 Å². The van der Waals surface area contributed by atoms with E-state index in [9.17, 15) is 0 Å². The monoisotopic (exact) mass is 262 g/mol. The van der Waals surface area contributed by atoms with E-state index in [2.05, 4.69) is 21.6 Å². The van der Waals surface area contributed by atoms with Gasteiger partial charge in [-0.2, -0.15) is 4.40 Å². The molecule has 1 aromatic carbocycles. The van der Waals surface area contributed by atoms with Crippen molar-refractivity contribution in [2.75, 3.05) is 12.3 Å². The van der Waals surface area contributed by atoms with Crippen molar-refractivity contribution in [2.24, 2.45) is 4.40 Å². The highest BCUT2D eigenvalue weighted by molar-refractivity contribution is 7.98. The first-order valence-electron chi connectivity index (χ1n) is 5.46. The Kier molecular flexibility index (Phi) is 2.95. The molecule has 0 unspecified atom stereocenters. The van der Waals surface area contributed by atoms with Crippen LogP contribution in [0.5, 0.6) is 0 Å². The summed E-state index contributed by atoms with van der Waals surface area (Å²) in [6.45, 7) is 1.00. The Bertz CT molecular complexity index is 534. The third-order valence-electron chi connectivity index (χ3n) is 2.78. The first-order valence-corrected chi connectivity index (χ1v) is 6.79. The van der Waals surface area contributed by atoms with Crippen LogP contribution in [0.3, 0.4) is 0 Å². The van der Waals surface area contributed by atoms with Crippen molar-refractivity contribution in [2.45, 2.75) is 0 Å². The van der Waals surface area contributed by atoms with Gasteiger partial charge in [-0.3, -0.25) is 0 Å². The van der Waals surface area contributed by atoms with E-state index >= 15 is 0 Å². The molecule has 0 radical (unpaired) electrons. The van der Waals surface area contributed by atoms with Crippen molar-refractivity contribution in [1.82, 2.24) is 4.90 Å². The largest absolute Gasteiger partial charge is 0.331 e. The fourth-order valence-corrected chi connectivity index (χ4v) is 2.89. The molecule has 0 bridgehead atoms. The lowest BCUT2D eigenvalue weighted by Gasteiger charge is -2.29. The lowest BCUT2D eigenvalue weighted by atomic mass is 10.0. The molecular weight excluding hydrogens is 252 g/mol. The summed E-state index contributed by atoms with van der Waals surface area (Å²) in [5.41, 5.74) is 2.15. The smallest absolute Gasteiger partial charge is 0.148 e. The van der Waals surface area contributed by atoms with Crippen LogP contribution >= 0.6 is 23.5 Å². The maximum absolute atomic E-state index is 6.24. The van der Waals surface area contributed by atoms with E-state index in [0.717, 1.165) is 34.3 Å². The summed E-state index contributed by atoms with van der Waals surface area (Å²) in [7, 11) is 0. The summed E-state index contributed by atoms with van der Waals surface area (Å²) in [5, 5.41) is 0.771. The number of fused-ring (bicyclic) bond motifs is 1. The second kappa shape index (κ2) is 4.59. The highest BCUT2D eigenvalue weighted by atomic mass is 35.5. The van der Waals surface area contributed by atoms with Gasteiger partial charge in [0, 0.05) is 34.7 Å². The molecule has 0 spiro atoms. The average molecular weight is 263 g/mol. The lowest BCUT2D eigenvalue weighted by molar-refractivity contribution is 0.594. The summed E-state index contributed by atoms with van der Waals surface area (Å²) >= 11 is 7.86. The van der Waals surface area contributed by atoms with Gasteiger partial charge >= 0.3 is 0 Å². The molecule has 0 aliphatic carbocycles. The Morgan fingerprint density at radius 3 is 3.06 bits per heavy atom. The first kappa shape index (κ1) is 10.9. The number of halogens is 1. The highest BCUT2D eigenvalue weighted by Gasteiger charge is 2.22. The number of rotatable bonds is 1. The van der Waals surface area contributed by atoms with Crippen LogP contribution in [0.25, 0.3) is 5.57 Å². The molecule has 3 rings (SSSR count). The SMILES string of the molecule is Clc1ccccc1C1=CC=CN2CCSN=C12. The molecule has 0 atom stereocenters. The molecule has 2 nitrogen and oxygen atoms in total. The zero-order valence-electron chi connectivity index (χ0n) is 9.14. The minimum atomic E-state index is 0.771. The van der Waals surface area contributed by atoms with Crippen molar-refractivity contribution < 1.29 is 0 Å². The summed E-state index contributed by atoms with van der Waals surface area (Å²) < 4.78 is 4.53. The number of benzene rings is 1. The van der Waals surface area contributed by atoms with Crippen molar-refractivity contribution in [3.8, 4) is 0 Å². The number of nitrogens with zero attached hydrogens (tertiary/aromatic N) is 2. The molecule has 86 valence electrons. The quantitative estimate of drug-likeness (QED) is 0.719. The molecule has 1 aromatic rings. The number of hydrogen-bond donors (Lipinski definition) is 0. The summed E-state index contributed by atoms with van der Waals surface area (Å²) in [4.78, 5) is 2.18. The Morgan fingerprint density at radius 2 is 2.18 bits per heavy atom. The van der Waals surface area contributed by atoms with E-state index in [1.165, 1.54) is 0 Å². The molecule has 0 N–H and O–H groups in total. The number of hydrogen-bond acceptors (Lipinski definition) is 3. The van der Waals surface area contributed by atoms with E-state index in [0.29, 0.717) is 0 Å². The van der Waals surface area contributed by atoms with E-state index in [-0.39, 0.29) is 0 Å². The van der Waals surface area contributed by atoms with Crippen LogP contribution in [0.2, 0.25) is 5.02 Å². The van der Waals surface area contributed by atoms with Gasteiger partial charge in [-0.15, -0.1) is 0 Å². The standard InChI is InChI=1S/C13H11ClN2S/c14-12-6-2-1-4-10(12)11-5-3-7-16-8-9-17-15-13(11)16/h1-7H,8-9H2. The fraction of sp³-hybridized carbons (Fsp3) is 0.154. The predicted molar refractivity (Wildman–Crippen MR) is 75.2 cm³/mol. The zero-order valence-corrected chi connectivity index (χ0v) is 10.7. The van der Waals surface area contributed by atoms with Crippen LogP contribution in [-0.2, 0) is 0 Å². The van der Waals surface area contributed by atoms with Gasteiger partial charge < -0.3 is 4.90 Å². The van der Waals surface area contributed by atoms with Crippen LogP contribution < -0.4 is 0 Å². The Balaban J connectivity index is 2.08. The Morgan fingerprint density at radius 1 is 1.29 bits per heavy atom. The molecule has 0 amide bonds. The van der Waals surface area contributed by atoms with E-state index in [1.807, 2.05) is 30.3 Å². The Hall–Kier alpha value is -1.19. The van der Waals surface area contributed by atoms with Gasteiger partial charge in [0.25, 0.3) is 0 Å². The number of allylic oxidation sites excluding steroid dienone is 2. The molecule has 4 heteroatoms. The second-order valence-electron chi connectivity index (χ2n) is 3.84. The number of amidine groups is 1. The molecule has 0 saturated carbocycles. The molecular formula is C13H11ClN2S. The van der Waals surface area contributed by atoms with Crippen LogP contribution in [0.15, 0.2) is 47.0 Å². The van der Waals surface area contributed by atoms with Gasteiger partial charge in [-0.25, -0.2) is 0 Å². The van der Waals surface area contributed by atoms with Crippen molar-refractivity contribution in [1.29, 1.82) is 0 Å². The summed E-state index contributed by atoms with van der Waals surface area (Å²) in [6, 6.07) is 7.89. The lowest BCUT2D eigenvalue weighted by Crippen LogP contribution is -2.32.